The number of rotatable bonds is 6. The minimum atomic E-state index is -3.16. The summed E-state index contributed by atoms with van der Waals surface area (Å²) in [6, 6.07) is 5.67. The van der Waals surface area contributed by atoms with Gasteiger partial charge in [0.15, 0.2) is 9.84 Å². The minimum Gasteiger partial charge on any atom is -0.493 e. The van der Waals surface area contributed by atoms with Gasteiger partial charge in [0.2, 0.25) is 0 Å². The van der Waals surface area contributed by atoms with Crippen LogP contribution in [0.15, 0.2) is 22.7 Å². The Kier molecular flexibility index (Phi) is 6.25. The Morgan fingerprint density at radius 2 is 1.95 bits per heavy atom. The molecule has 1 atom stereocenters. The van der Waals surface area contributed by atoms with E-state index in [9.17, 15) is 8.42 Å². The SMILES string of the molecule is CC(N)Cc1cc(OCCS(=O)(=O)C(C)(C)C)ccc1Br. The maximum Gasteiger partial charge on any atom is 0.158 e. The van der Waals surface area contributed by atoms with Gasteiger partial charge in [0.25, 0.3) is 0 Å². The second-order valence-corrected chi connectivity index (χ2v) is 9.93. The number of nitrogens with two attached hydrogens (primary N) is 1. The van der Waals surface area contributed by atoms with Crippen LogP contribution in [0.2, 0.25) is 0 Å². The molecule has 0 saturated carbocycles. The van der Waals surface area contributed by atoms with E-state index in [-0.39, 0.29) is 18.4 Å². The monoisotopic (exact) mass is 377 g/mol. The summed E-state index contributed by atoms with van der Waals surface area (Å²) in [4.78, 5) is 0. The van der Waals surface area contributed by atoms with Gasteiger partial charge in [0.1, 0.15) is 12.4 Å². The molecular formula is C15H24BrNO3S. The molecule has 4 nitrogen and oxygen atoms in total. The van der Waals surface area contributed by atoms with Crippen molar-refractivity contribution in [1.82, 2.24) is 0 Å². The molecule has 0 aliphatic heterocycles. The third kappa shape index (κ3) is 5.60. The Morgan fingerprint density at radius 3 is 2.48 bits per heavy atom. The predicted molar refractivity (Wildman–Crippen MR) is 90.5 cm³/mol. The molecule has 1 aromatic carbocycles. The van der Waals surface area contributed by atoms with E-state index in [4.69, 9.17) is 10.5 Å². The normalized spacial score (nSPS) is 14.0. The van der Waals surface area contributed by atoms with Gasteiger partial charge < -0.3 is 10.5 Å². The van der Waals surface area contributed by atoms with Crippen LogP contribution in [0.5, 0.6) is 5.75 Å². The molecule has 0 aliphatic carbocycles. The Labute approximate surface area is 136 Å². The van der Waals surface area contributed by atoms with Crippen LogP contribution in [0.4, 0.5) is 0 Å². The van der Waals surface area contributed by atoms with Gasteiger partial charge in [0, 0.05) is 10.5 Å². The van der Waals surface area contributed by atoms with Gasteiger partial charge in [-0.15, -0.1) is 0 Å². The molecule has 0 aromatic heterocycles. The Balaban J connectivity index is 2.69. The van der Waals surface area contributed by atoms with E-state index in [1.54, 1.807) is 20.8 Å². The van der Waals surface area contributed by atoms with Crippen LogP contribution in [0, 0.1) is 0 Å². The van der Waals surface area contributed by atoms with Crippen LogP contribution in [0.1, 0.15) is 33.3 Å². The minimum absolute atomic E-state index is 0.00912. The molecule has 0 saturated heterocycles. The average Bonchev–Trinajstić information content (AvgIpc) is 2.31. The molecule has 120 valence electrons. The van der Waals surface area contributed by atoms with E-state index in [0.717, 1.165) is 16.5 Å². The summed E-state index contributed by atoms with van der Waals surface area (Å²) in [7, 11) is -3.16. The molecule has 1 unspecified atom stereocenters. The number of ether oxygens (including phenoxy) is 1. The van der Waals surface area contributed by atoms with Crippen molar-refractivity contribution in [3.8, 4) is 5.75 Å². The summed E-state index contributed by atoms with van der Waals surface area (Å²) in [5, 5.41) is 0. The van der Waals surface area contributed by atoms with Gasteiger partial charge in [-0.3, -0.25) is 0 Å². The van der Waals surface area contributed by atoms with Crippen molar-refractivity contribution in [2.75, 3.05) is 12.4 Å². The van der Waals surface area contributed by atoms with Crippen LogP contribution in [-0.4, -0.2) is 31.6 Å². The molecule has 0 bridgehead atoms. The van der Waals surface area contributed by atoms with Gasteiger partial charge in [-0.05, 0) is 57.9 Å². The zero-order valence-corrected chi connectivity index (χ0v) is 15.4. The molecular weight excluding hydrogens is 354 g/mol. The van der Waals surface area contributed by atoms with Crippen LogP contribution in [0.25, 0.3) is 0 Å². The summed E-state index contributed by atoms with van der Waals surface area (Å²) in [6.45, 7) is 7.18. The van der Waals surface area contributed by atoms with Gasteiger partial charge in [0.05, 0.1) is 10.5 Å². The lowest BCUT2D eigenvalue weighted by Crippen LogP contribution is -2.32. The lowest BCUT2D eigenvalue weighted by atomic mass is 10.1. The van der Waals surface area contributed by atoms with Crippen molar-refractivity contribution in [2.45, 2.75) is 44.9 Å². The zero-order valence-electron chi connectivity index (χ0n) is 13.0. The maximum absolute atomic E-state index is 12.0. The summed E-state index contributed by atoms with van der Waals surface area (Å²) in [6.07, 6.45) is 0.734. The Morgan fingerprint density at radius 1 is 1.33 bits per heavy atom. The maximum atomic E-state index is 12.0. The number of hydrogen-bond donors (Lipinski definition) is 1. The first-order chi connectivity index (χ1) is 9.53. The summed E-state index contributed by atoms with van der Waals surface area (Å²) >= 11 is 3.48. The van der Waals surface area contributed by atoms with Gasteiger partial charge in [-0.2, -0.15) is 0 Å². The van der Waals surface area contributed by atoms with Crippen molar-refractivity contribution >= 4 is 25.8 Å². The van der Waals surface area contributed by atoms with E-state index in [1.165, 1.54) is 0 Å². The molecule has 6 heteroatoms. The largest absolute Gasteiger partial charge is 0.493 e. The van der Waals surface area contributed by atoms with Gasteiger partial charge >= 0.3 is 0 Å². The van der Waals surface area contributed by atoms with Crippen LogP contribution in [0.3, 0.4) is 0 Å². The van der Waals surface area contributed by atoms with Gasteiger partial charge in [-0.1, -0.05) is 15.9 Å². The van der Waals surface area contributed by atoms with Crippen molar-refractivity contribution in [3.05, 3.63) is 28.2 Å². The van der Waals surface area contributed by atoms with Crippen molar-refractivity contribution in [3.63, 3.8) is 0 Å². The highest BCUT2D eigenvalue weighted by Crippen LogP contribution is 2.24. The lowest BCUT2D eigenvalue weighted by molar-refractivity contribution is 0.339. The molecule has 0 amide bonds. The van der Waals surface area contributed by atoms with E-state index in [0.29, 0.717) is 5.75 Å². The van der Waals surface area contributed by atoms with E-state index in [2.05, 4.69) is 15.9 Å². The fourth-order valence-electron chi connectivity index (χ4n) is 1.72. The van der Waals surface area contributed by atoms with E-state index in [1.807, 2.05) is 25.1 Å². The standard InChI is InChI=1S/C15H24BrNO3S/c1-11(17)9-12-10-13(5-6-14(12)16)20-7-8-21(18,19)15(2,3)4/h5-6,10-11H,7-9,17H2,1-4H3. The average molecular weight is 378 g/mol. The number of benzene rings is 1. The molecule has 1 rings (SSSR count). The molecule has 2 N–H and O–H groups in total. The Bertz CT molecular complexity index is 577. The smallest absolute Gasteiger partial charge is 0.158 e. The highest BCUT2D eigenvalue weighted by atomic mass is 79.9. The van der Waals surface area contributed by atoms with Crippen molar-refractivity contribution in [2.24, 2.45) is 5.73 Å². The number of hydrogen-bond acceptors (Lipinski definition) is 4. The molecule has 0 spiro atoms. The van der Waals surface area contributed by atoms with E-state index < -0.39 is 14.6 Å². The van der Waals surface area contributed by atoms with Crippen LogP contribution >= 0.6 is 15.9 Å². The summed E-state index contributed by atoms with van der Waals surface area (Å²) in [5.41, 5.74) is 6.86. The lowest BCUT2D eigenvalue weighted by Gasteiger charge is -2.19. The van der Waals surface area contributed by atoms with Crippen LogP contribution < -0.4 is 10.5 Å². The highest BCUT2D eigenvalue weighted by molar-refractivity contribution is 9.10. The molecule has 1 aromatic rings. The third-order valence-electron chi connectivity index (χ3n) is 3.11. The topological polar surface area (TPSA) is 69.4 Å². The predicted octanol–water partition coefficient (Wildman–Crippen LogP) is 2.93. The Hall–Kier alpha value is -0.590. The molecule has 0 fully saturated rings. The third-order valence-corrected chi connectivity index (χ3v) is 6.46. The molecule has 21 heavy (non-hydrogen) atoms. The second kappa shape index (κ2) is 7.11. The molecule has 0 radical (unpaired) electrons. The molecule has 0 aliphatic rings. The summed E-state index contributed by atoms with van der Waals surface area (Å²) < 4.78 is 29.8. The van der Waals surface area contributed by atoms with Gasteiger partial charge in [-0.25, -0.2) is 8.42 Å². The first-order valence-corrected chi connectivity index (χ1v) is 9.36. The van der Waals surface area contributed by atoms with Crippen molar-refractivity contribution < 1.29 is 13.2 Å². The fourth-order valence-corrected chi connectivity index (χ4v) is 3.04. The zero-order chi connectivity index (χ0) is 16.3. The van der Waals surface area contributed by atoms with Crippen molar-refractivity contribution in [1.29, 1.82) is 0 Å². The first kappa shape index (κ1) is 18.5. The molecule has 0 heterocycles. The number of halogens is 1. The quantitative estimate of drug-likeness (QED) is 0.827. The highest BCUT2D eigenvalue weighted by Gasteiger charge is 2.28. The second-order valence-electron chi connectivity index (χ2n) is 6.21. The fraction of sp³-hybridized carbons (Fsp3) is 0.600. The number of sulfone groups is 1. The summed E-state index contributed by atoms with van der Waals surface area (Å²) in [5.74, 6) is 0.674. The van der Waals surface area contributed by atoms with E-state index >= 15 is 0 Å². The first-order valence-electron chi connectivity index (χ1n) is 6.92. The van der Waals surface area contributed by atoms with Crippen LogP contribution in [-0.2, 0) is 16.3 Å².